The van der Waals surface area contributed by atoms with E-state index in [1.54, 1.807) is 42.5 Å². The molecule has 2 saturated carbocycles. The van der Waals surface area contributed by atoms with Crippen LogP contribution in [0.5, 0.6) is 23.0 Å². The van der Waals surface area contributed by atoms with Gasteiger partial charge in [0.25, 0.3) is 11.7 Å². The SMILES string of the molecule is C.N[C@H](CN1CCCC1)[C@H](O)c1cc(F)c2c(c1)OCCO2.O=C(N[C@H](CN1CCCC1)[C@H](O)c1cc(F)c2c(c1)OCCO2)C(=O)c1ccc(-c2ccc(C3CC3)cc2)cc1.O=C(O)C(=O)c1ccc(-c2ccc(C3CC3)cc2)cc1. The standard InChI is InChI=1S/C32H33FN2O5.C17H14O3.C15H21FN2O3.CH4/c33-26-17-25(18-28-31(26)40-16-15-39-28)29(36)27(19-35-13-1-2-14-35)34-32(38)30(37)24-11-9-23(10-12-24)22-7-5-21(6-8-22)20-3-4-20;18-16(17(19)20)15-9-7-14(8-10-15)13-5-3-12(4-6-13)11-1-2-11;16-11-7-10(8-13-15(11)21-6-5-20-13)14(19)12(17)9-18-3-1-2-4-18;/h5-12,17-18,20,27,29,36H,1-4,13-16,19H2,(H,34,38);3-11H,1-2H2,(H,19,20);7-8,12,14,19H,1-6,9,17H2;1H4/t27-,29-;;12-,14-;/m1.1./s1. The molecule has 6 aromatic carbocycles. The molecular weight excluding hydrogens is 1050 g/mol. The van der Waals surface area contributed by atoms with Gasteiger partial charge >= 0.3 is 5.97 Å². The zero-order valence-corrected chi connectivity index (χ0v) is 45.1. The van der Waals surface area contributed by atoms with Crippen LogP contribution in [0.2, 0.25) is 0 Å². The number of Topliss-reactive ketones (excluding diaryl/α,β-unsaturated/α-hetero) is 2. The van der Waals surface area contributed by atoms with Crippen molar-refractivity contribution in [2.75, 3.05) is 65.7 Å². The second-order valence-corrected chi connectivity index (χ2v) is 21.6. The first-order chi connectivity index (χ1) is 39.3. The normalized spacial score (nSPS) is 17.8. The van der Waals surface area contributed by atoms with Crippen LogP contribution in [-0.2, 0) is 9.59 Å². The number of rotatable bonds is 17. The summed E-state index contributed by atoms with van der Waals surface area (Å²) in [6, 6.07) is 34.9. The van der Waals surface area contributed by atoms with E-state index in [0.29, 0.717) is 43.5 Å². The first-order valence-electron chi connectivity index (χ1n) is 28.0. The van der Waals surface area contributed by atoms with Crippen LogP contribution < -0.4 is 30.0 Å². The van der Waals surface area contributed by atoms with Gasteiger partial charge in [0.05, 0.1) is 12.1 Å². The van der Waals surface area contributed by atoms with Crippen molar-refractivity contribution in [3.63, 3.8) is 0 Å². The largest absolute Gasteiger partial charge is 0.486 e. The zero-order valence-electron chi connectivity index (χ0n) is 45.1. The summed E-state index contributed by atoms with van der Waals surface area (Å²) >= 11 is 0. The van der Waals surface area contributed by atoms with Gasteiger partial charge in [-0.3, -0.25) is 14.4 Å². The third-order valence-corrected chi connectivity index (χ3v) is 15.6. The molecule has 2 aliphatic carbocycles. The molecular formula is C65H72F2N4O11. The molecule has 0 unspecified atom stereocenters. The van der Waals surface area contributed by atoms with E-state index in [4.69, 9.17) is 29.8 Å². The predicted molar refractivity (Wildman–Crippen MR) is 307 cm³/mol. The third-order valence-electron chi connectivity index (χ3n) is 15.6. The summed E-state index contributed by atoms with van der Waals surface area (Å²) in [6.07, 6.45) is 7.26. The van der Waals surface area contributed by atoms with E-state index < -0.39 is 59.4 Å². The van der Waals surface area contributed by atoms with Crippen molar-refractivity contribution < 1.29 is 62.2 Å². The number of nitrogens with one attached hydrogen (secondary N) is 1. The smallest absolute Gasteiger partial charge is 0.377 e. The molecule has 4 atom stereocenters. The lowest BCUT2D eigenvalue weighted by Gasteiger charge is -2.29. The minimum Gasteiger partial charge on any atom is -0.486 e. The van der Waals surface area contributed by atoms with Crippen LogP contribution in [0.1, 0.15) is 126 Å². The van der Waals surface area contributed by atoms with Gasteiger partial charge in [0.15, 0.2) is 34.6 Å². The highest BCUT2D eigenvalue weighted by Crippen LogP contribution is 2.42. The number of aliphatic carboxylic acids is 1. The Hall–Kier alpha value is -7.54. The van der Waals surface area contributed by atoms with Gasteiger partial charge in [-0.25, -0.2) is 13.6 Å². The van der Waals surface area contributed by atoms with Crippen molar-refractivity contribution in [3.8, 4) is 45.3 Å². The lowest BCUT2D eigenvalue weighted by atomic mass is 9.99. The van der Waals surface area contributed by atoms with E-state index >= 15 is 0 Å². The maximum atomic E-state index is 14.7. The minimum atomic E-state index is -1.42. The van der Waals surface area contributed by atoms with Gasteiger partial charge in [-0.1, -0.05) is 104 Å². The molecule has 0 radical (unpaired) electrons. The van der Waals surface area contributed by atoms with E-state index in [0.717, 1.165) is 67.2 Å². The number of hydrogen-bond donors (Lipinski definition) is 5. The second-order valence-electron chi connectivity index (χ2n) is 21.6. The molecule has 4 heterocycles. The van der Waals surface area contributed by atoms with E-state index in [1.165, 1.54) is 67.9 Å². The fourth-order valence-electron chi connectivity index (χ4n) is 10.8. The van der Waals surface area contributed by atoms with Crippen molar-refractivity contribution in [2.24, 2.45) is 5.73 Å². The first-order valence-corrected chi connectivity index (χ1v) is 28.0. The molecule has 0 aromatic heterocycles. The number of carboxylic acids is 1. The van der Waals surface area contributed by atoms with Crippen LogP contribution in [0.4, 0.5) is 8.78 Å². The Balaban J connectivity index is 0.000000162. The average molecular weight is 1120 g/mol. The van der Waals surface area contributed by atoms with Crippen LogP contribution in [0.3, 0.4) is 0 Å². The Morgan fingerprint density at radius 2 is 0.915 bits per heavy atom. The number of carboxylic acid groups (broad SMARTS) is 1. The Kier molecular flexibility index (Phi) is 19.5. The highest BCUT2D eigenvalue weighted by atomic mass is 19.1. The summed E-state index contributed by atoms with van der Waals surface area (Å²) in [6.45, 7) is 5.84. The molecule has 4 aliphatic heterocycles. The van der Waals surface area contributed by atoms with Crippen molar-refractivity contribution >= 4 is 23.4 Å². The molecule has 2 saturated heterocycles. The molecule has 432 valence electrons. The summed E-state index contributed by atoms with van der Waals surface area (Å²) in [4.78, 5) is 52.5. The van der Waals surface area contributed by atoms with Gasteiger partial charge < -0.3 is 55.1 Å². The van der Waals surface area contributed by atoms with Crippen LogP contribution in [0.25, 0.3) is 22.3 Å². The van der Waals surface area contributed by atoms with Gasteiger partial charge in [0.1, 0.15) is 32.5 Å². The average Bonchev–Trinajstić information content (AvgIpc) is 4.49. The number of halogens is 2. The Morgan fingerprint density at radius 1 is 0.537 bits per heavy atom. The quantitative estimate of drug-likeness (QED) is 0.0425. The summed E-state index contributed by atoms with van der Waals surface area (Å²) in [5.74, 6) is -2.87. The highest BCUT2D eigenvalue weighted by Gasteiger charge is 2.32. The van der Waals surface area contributed by atoms with Crippen LogP contribution in [0, 0.1) is 11.6 Å². The van der Waals surface area contributed by atoms with Gasteiger partial charge in [-0.05, 0) is 158 Å². The molecule has 6 aromatic rings. The van der Waals surface area contributed by atoms with Crippen LogP contribution in [0.15, 0.2) is 121 Å². The number of carbonyl (C=O) groups is 4. The van der Waals surface area contributed by atoms with Gasteiger partial charge in [0.2, 0.25) is 5.78 Å². The summed E-state index contributed by atoms with van der Waals surface area (Å²) in [5.41, 5.74) is 14.0. The molecule has 6 aliphatic rings. The number of amides is 1. The third kappa shape index (κ3) is 14.7. The van der Waals surface area contributed by atoms with Crippen LogP contribution >= 0.6 is 0 Å². The Labute approximate surface area is 477 Å². The maximum absolute atomic E-state index is 14.7. The summed E-state index contributed by atoms with van der Waals surface area (Å²) < 4.78 is 50.2. The number of likely N-dealkylation sites (tertiary alicyclic amines) is 2. The van der Waals surface area contributed by atoms with Crippen molar-refractivity contribution in [1.29, 1.82) is 0 Å². The molecule has 82 heavy (non-hydrogen) atoms. The predicted octanol–water partition coefficient (Wildman–Crippen LogP) is 9.83. The minimum absolute atomic E-state index is 0. The van der Waals surface area contributed by atoms with Crippen LogP contribution in [-0.4, -0.2) is 126 Å². The number of ether oxygens (including phenoxy) is 4. The van der Waals surface area contributed by atoms with E-state index in [-0.39, 0.29) is 54.6 Å². The molecule has 15 nitrogen and oxygen atoms in total. The van der Waals surface area contributed by atoms with Crippen molar-refractivity contribution in [3.05, 3.63) is 166 Å². The Morgan fingerprint density at radius 3 is 1.33 bits per heavy atom. The zero-order chi connectivity index (χ0) is 56.6. The number of fused-ring (bicyclic) bond motifs is 2. The van der Waals surface area contributed by atoms with E-state index in [1.807, 2.05) is 12.1 Å². The number of carbonyl (C=O) groups excluding carboxylic acids is 3. The van der Waals surface area contributed by atoms with Gasteiger partial charge in [-0.15, -0.1) is 0 Å². The molecule has 4 fully saturated rings. The number of nitrogens with zero attached hydrogens (tertiary/aromatic N) is 2. The monoisotopic (exact) mass is 1120 g/mol. The lowest BCUT2D eigenvalue weighted by Crippen LogP contribution is -2.48. The molecule has 0 spiro atoms. The van der Waals surface area contributed by atoms with Gasteiger partial charge in [0, 0.05) is 30.3 Å². The maximum Gasteiger partial charge on any atom is 0.377 e. The number of nitrogens with two attached hydrogens (primary N) is 1. The Bertz CT molecular complexity index is 3180. The van der Waals surface area contributed by atoms with Crippen molar-refractivity contribution in [1.82, 2.24) is 15.1 Å². The number of hydrogen-bond acceptors (Lipinski definition) is 13. The first kappa shape index (κ1) is 59.1. The van der Waals surface area contributed by atoms with E-state index in [2.05, 4.69) is 63.6 Å². The number of aliphatic hydroxyl groups is 2. The summed E-state index contributed by atoms with van der Waals surface area (Å²) in [7, 11) is 0. The van der Waals surface area contributed by atoms with Gasteiger partial charge in [-0.2, -0.15) is 0 Å². The number of ketones is 2. The lowest BCUT2D eigenvalue weighted by molar-refractivity contribution is -0.131. The molecule has 12 rings (SSSR count). The van der Waals surface area contributed by atoms with Crippen molar-refractivity contribution in [2.45, 2.75) is 94.9 Å². The number of benzene rings is 6. The van der Waals surface area contributed by atoms with E-state index in [9.17, 15) is 38.2 Å². The number of aliphatic hydroxyl groups excluding tert-OH is 2. The highest BCUT2D eigenvalue weighted by molar-refractivity contribution is 6.43. The summed E-state index contributed by atoms with van der Waals surface area (Å²) in [5, 5.41) is 33.0. The fraction of sp³-hybridized carbons (Fsp3) is 0.385. The molecule has 1 amide bonds. The second kappa shape index (κ2) is 27.0. The fourth-order valence-corrected chi connectivity index (χ4v) is 10.8. The molecule has 6 N–H and O–H groups in total. The molecule has 17 heteroatoms. The topological polar surface area (TPSA) is 210 Å². The molecule has 0 bridgehead atoms.